The number of alkyl halides is 3. The van der Waals surface area contributed by atoms with Crippen LogP contribution in [0.3, 0.4) is 0 Å². The molecule has 174 valence electrons. The summed E-state index contributed by atoms with van der Waals surface area (Å²) in [6, 6.07) is 3.52. The Labute approximate surface area is 183 Å². The maximum atomic E-state index is 13.2. The van der Waals surface area contributed by atoms with Gasteiger partial charge in [0.05, 0.1) is 11.6 Å². The van der Waals surface area contributed by atoms with Gasteiger partial charge in [-0.05, 0) is 69.2 Å². The van der Waals surface area contributed by atoms with Gasteiger partial charge in [0, 0.05) is 19.1 Å². The Morgan fingerprint density at radius 2 is 1.88 bits per heavy atom. The standard InChI is InChI=1S/C21H26F3N5O3/c1-11(2)29-19(32-16-7-12(3)6-15(8-16)21(22,23)24)26-18(27-29)25-17-13-4-5-14(17)10-28(9-13)20(30)31/h6-8,11,13-14,17H,4-5,9-10H2,1-3H3,(H,25,27)(H,30,31)/t13-,14+,17-. The van der Waals surface area contributed by atoms with Crippen LogP contribution in [0.5, 0.6) is 11.8 Å². The summed E-state index contributed by atoms with van der Waals surface area (Å²) in [7, 11) is 0. The van der Waals surface area contributed by atoms with Crippen molar-refractivity contribution < 1.29 is 27.8 Å². The van der Waals surface area contributed by atoms with E-state index < -0.39 is 17.8 Å². The van der Waals surface area contributed by atoms with Crippen molar-refractivity contribution >= 4 is 12.0 Å². The summed E-state index contributed by atoms with van der Waals surface area (Å²) in [6.45, 7) is 6.24. The van der Waals surface area contributed by atoms with Crippen molar-refractivity contribution in [3.05, 3.63) is 29.3 Å². The second kappa shape index (κ2) is 8.18. The van der Waals surface area contributed by atoms with Crippen LogP contribution < -0.4 is 10.1 Å². The van der Waals surface area contributed by atoms with Gasteiger partial charge in [-0.1, -0.05) is 0 Å². The van der Waals surface area contributed by atoms with E-state index in [4.69, 9.17) is 4.74 Å². The molecule has 1 aliphatic carbocycles. The summed E-state index contributed by atoms with van der Waals surface area (Å²) in [5.41, 5.74) is -0.367. The highest BCUT2D eigenvalue weighted by Gasteiger charge is 2.44. The molecule has 2 N–H and O–H groups in total. The maximum absolute atomic E-state index is 13.2. The molecule has 2 aliphatic rings. The molecule has 1 amide bonds. The average Bonchev–Trinajstić information content (AvgIpc) is 3.17. The zero-order chi connectivity index (χ0) is 23.2. The monoisotopic (exact) mass is 453 g/mol. The molecule has 0 spiro atoms. The number of amides is 1. The van der Waals surface area contributed by atoms with Gasteiger partial charge in [-0.2, -0.15) is 18.2 Å². The van der Waals surface area contributed by atoms with E-state index in [-0.39, 0.29) is 35.7 Å². The molecule has 3 atom stereocenters. The number of fused-ring (bicyclic) bond motifs is 2. The number of anilines is 1. The molecule has 0 unspecified atom stereocenters. The summed E-state index contributed by atoms with van der Waals surface area (Å²) >= 11 is 0. The van der Waals surface area contributed by atoms with Crippen LogP contribution in [0.1, 0.15) is 43.9 Å². The topological polar surface area (TPSA) is 92.5 Å². The molecule has 11 heteroatoms. The van der Waals surface area contributed by atoms with Gasteiger partial charge < -0.3 is 20.1 Å². The van der Waals surface area contributed by atoms with E-state index in [1.54, 1.807) is 6.92 Å². The van der Waals surface area contributed by atoms with Crippen LogP contribution in [0, 0.1) is 18.8 Å². The van der Waals surface area contributed by atoms with E-state index in [9.17, 15) is 23.1 Å². The lowest BCUT2D eigenvalue weighted by molar-refractivity contribution is -0.137. The molecule has 1 aromatic heterocycles. The Morgan fingerprint density at radius 3 is 2.44 bits per heavy atom. The van der Waals surface area contributed by atoms with Gasteiger partial charge in [0.25, 0.3) is 0 Å². The minimum atomic E-state index is -4.48. The van der Waals surface area contributed by atoms with Gasteiger partial charge in [-0.15, -0.1) is 5.10 Å². The minimum Gasteiger partial charge on any atom is -0.465 e. The zero-order valence-corrected chi connectivity index (χ0v) is 18.1. The maximum Gasteiger partial charge on any atom is 0.416 e. The van der Waals surface area contributed by atoms with Crippen molar-refractivity contribution in [1.29, 1.82) is 0 Å². The van der Waals surface area contributed by atoms with Gasteiger partial charge in [-0.25, -0.2) is 9.48 Å². The van der Waals surface area contributed by atoms with Crippen LogP contribution in [0.15, 0.2) is 18.2 Å². The number of carbonyl (C=O) groups is 1. The van der Waals surface area contributed by atoms with Crippen LogP contribution in [0.2, 0.25) is 0 Å². The van der Waals surface area contributed by atoms with Gasteiger partial charge >= 0.3 is 18.3 Å². The predicted molar refractivity (Wildman–Crippen MR) is 110 cm³/mol. The molecule has 1 saturated heterocycles. The smallest absolute Gasteiger partial charge is 0.416 e. The van der Waals surface area contributed by atoms with Crippen LogP contribution in [0.4, 0.5) is 23.9 Å². The van der Waals surface area contributed by atoms with Crippen LogP contribution in [-0.4, -0.2) is 50.0 Å². The zero-order valence-electron chi connectivity index (χ0n) is 18.1. The van der Waals surface area contributed by atoms with Crippen LogP contribution in [0.25, 0.3) is 0 Å². The van der Waals surface area contributed by atoms with Gasteiger partial charge in [0.15, 0.2) is 0 Å². The Bertz CT molecular complexity index is 993. The number of rotatable bonds is 5. The molecule has 1 aliphatic heterocycles. The third-order valence-corrected chi connectivity index (χ3v) is 6.08. The summed E-state index contributed by atoms with van der Waals surface area (Å²) in [5.74, 6) is 0.675. The third kappa shape index (κ3) is 4.46. The highest BCUT2D eigenvalue weighted by atomic mass is 19.4. The van der Waals surface area contributed by atoms with E-state index in [0.717, 1.165) is 25.0 Å². The number of piperidine rings is 1. The Kier molecular flexibility index (Phi) is 5.68. The third-order valence-electron chi connectivity index (χ3n) is 6.08. The lowest BCUT2D eigenvalue weighted by Crippen LogP contribution is -2.49. The number of benzene rings is 1. The molecule has 1 aromatic carbocycles. The number of nitrogens with one attached hydrogen (secondary N) is 1. The van der Waals surface area contributed by atoms with Crippen LogP contribution >= 0.6 is 0 Å². The number of nitrogens with zero attached hydrogens (tertiary/aromatic N) is 4. The first-order valence-electron chi connectivity index (χ1n) is 10.6. The van der Waals surface area contributed by atoms with Crippen molar-refractivity contribution in [3.63, 3.8) is 0 Å². The normalized spacial score (nSPS) is 23.0. The fourth-order valence-corrected chi connectivity index (χ4v) is 4.62. The molecular formula is C21H26F3N5O3. The van der Waals surface area contributed by atoms with Gasteiger partial charge in [-0.3, -0.25) is 0 Å². The Balaban J connectivity index is 1.55. The fraction of sp³-hybridized carbons (Fsp3) is 0.571. The number of likely N-dealkylation sites (tertiary alicyclic amines) is 1. The Hall–Kier alpha value is -2.98. The van der Waals surface area contributed by atoms with E-state index in [0.29, 0.717) is 24.6 Å². The van der Waals surface area contributed by atoms with E-state index in [1.165, 1.54) is 15.6 Å². The van der Waals surface area contributed by atoms with Gasteiger partial charge in [0.2, 0.25) is 5.95 Å². The molecule has 8 nitrogen and oxygen atoms in total. The minimum absolute atomic E-state index is 0.0352. The van der Waals surface area contributed by atoms with E-state index >= 15 is 0 Å². The summed E-state index contributed by atoms with van der Waals surface area (Å²) in [4.78, 5) is 17.2. The van der Waals surface area contributed by atoms with E-state index in [2.05, 4.69) is 15.4 Å². The number of aromatic nitrogens is 3. The molecule has 32 heavy (non-hydrogen) atoms. The number of hydrogen-bond donors (Lipinski definition) is 2. The number of carboxylic acid groups (broad SMARTS) is 1. The molecule has 2 aromatic rings. The molecule has 0 radical (unpaired) electrons. The van der Waals surface area contributed by atoms with E-state index in [1.807, 2.05) is 13.8 Å². The lowest BCUT2D eigenvalue weighted by Gasteiger charge is -2.36. The first-order chi connectivity index (χ1) is 15.0. The molecule has 2 bridgehead atoms. The Morgan fingerprint density at radius 1 is 1.22 bits per heavy atom. The molecular weight excluding hydrogens is 427 g/mol. The number of ether oxygens (including phenoxy) is 1. The second-order valence-corrected chi connectivity index (χ2v) is 8.85. The predicted octanol–water partition coefficient (Wildman–Crippen LogP) is 4.78. The van der Waals surface area contributed by atoms with Gasteiger partial charge in [0.1, 0.15) is 5.75 Å². The lowest BCUT2D eigenvalue weighted by atomic mass is 9.92. The highest BCUT2D eigenvalue weighted by Crippen LogP contribution is 2.39. The second-order valence-electron chi connectivity index (χ2n) is 8.85. The van der Waals surface area contributed by atoms with Crippen molar-refractivity contribution in [2.45, 2.75) is 51.9 Å². The quantitative estimate of drug-likeness (QED) is 0.677. The molecule has 2 fully saturated rings. The van der Waals surface area contributed by atoms with Crippen molar-refractivity contribution in [1.82, 2.24) is 19.7 Å². The SMILES string of the molecule is Cc1cc(Oc2nc(N[C@@H]3[C@@H]4CC[C@H]3CN(C(=O)O)C4)nn2C(C)C)cc(C(F)(F)F)c1. The first-order valence-corrected chi connectivity index (χ1v) is 10.6. The van der Waals surface area contributed by atoms with Crippen LogP contribution in [-0.2, 0) is 6.18 Å². The molecule has 4 rings (SSSR count). The summed E-state index contributed by atoms with van der Waals surface area (Å²) in [6.07, 6.45) is -3.55. The van der Waals surface area contributed by atoms with Crippen molar-refractivity contribution in [2.75, 3.05) is 18.4 Å². The van der Waals surface area contributed by atoms with Crippen molar-refractivity contribution in [2.24, 2.45) is 11.8 Å². The number of aryl methyl sites for hydroxylation is 1. The molecule has 1 saturated carbocycles. The summed E-state index contributed by atoms with van der Waals surface area (Å²) in [5, 5.41) is 17.1. The molecule has 2 heterocycles. The number of halogens is 3. The largest absolute Gasteiger partial charge is 0.465 e. The summed E-state index contributed by atoms with van der Waals surface area (Å²) < 4.78 is 46.8. The fourth-order valence-electron chi connectivity index (χ4n) is 4.62. The number of hydrogen-bond acceptors (Lipinski definition) is 5. The average molecular weight is 453 g/mol. The highest BCUT2D eigenvalue weighted by molar-refractivity contribution is 5.65. The van der Waals surface area contributed by atoms with Crippen molar-refractivity contribution in [3.8, 4) is 11.8 Å². The first kappa shape index (κ1) is 22.2.